The van der Waals surface area contributed by atoms with Crippen molar-refractivity contribution in [2.24, 2.45) is 0 Å². The predicted octanol–water partition coefficient (Wildman–Crippen LogP) is 6.50. The average molecular weight is 582 g/mol. The molecule has 0 fully saturated rings. The highest BCUT2D eigenvalue weighted by Gasteiger charge is 2.20. The van der Waals surface area contributed by atoms with Gasteiger partial charge in [0.1, 0.15) is 23.8 Å². The van der Waals surface area contributed by atoms with Gasteiger partial charge in [-0.25, -0.2) is 9.37 Å². The Labute approximate surface area is 220 Å². The van der Waals surface area contributed by atoms with Crippen LogP contribution in [0.25, 0.3) is 11.0 Å². The molecule has 0 saturated heterocycles. The minimum Gasteiger partial charge on any atom is -0.377 e. The van der Waals surface area contributed by atoms with E-state index in [1.165, 1.54) is 25.3 Å². The van der Waals surface area contributed by atoms with Crippen LogP contribution in [-0.2, 0) is 11.3 Å². The molecule has 0 unspecified atom stereocenters. The molecule has 1 heterocycles. The molecule has 0 spiro atoms. The van der Waals surface area contributed by atoms with Crippen LogP contribution in [0.15, 0.2) is 53.0 Å². The summed E-state index contributed by atoms with van der Waals surface area (Å²) in [6.07, 6.45) is 0. The number of rotatable bonds is 6. The summed E-state index contributed by atoms with van der Waals surface area (Å²) in [5.74, 6) is -1.29. The summed E-state index contributed by atoms with van der Waals surface area (Å²) in [5.41, 5.74) is 2.51. The van der Waals surface area contributed by atoms with Crippen molar-refractivity contribution >= 4 is 74.2 Å². The number of H-pyrrole nitrogens is 1. The number of fused-ring (bicyclic) bond motifs is 1. The van der Waals surface area contributed by atoms with Crippen molar-refractivity contribution in [1.29, 1.82) is 0 Å². The Morgan fingerprint density at radius 2 is 1.89 bits per heavy atom. The molecule has 0 aliphatic carbocycles. The van der Waals surface area contributed by atoms with E-state index >= 15 is 0 Å². The summed E-state index contributed by atoms with van der Waals surface area (Å²) in [4.78, 5) is 33.6. The van der Waals surface area contributed by atoms with Crippen molar-refractivity contribution in [2.75, 3.05) is 17.7 Å². The normalized spacial score (nSPS) is 10.7. The molecule has 0 radical (unpaired) electrons. The molecule has 35 heavy (non-hydrogen) atoms. The molecule has 0 aliphatic heterocycles. The van der Waals surface area contributed by atoms with Crippen molar-refractivity contribution in [3.8, 4) is 0 Å². The molecule has 2 amide bonds. The third kappa shape index (κ3) is 5.65. The Balaban J connectivity index is 0.00000342. The van der Waals surface area contributed by atoms with Gasteiger partial charge in [-0.3, -0.25) is 9.59 Å². The van der Waals surface area contributed by atoms with E-state index in [9.17, 15) is 14.0 Å². The standard InChI is InChI=1S/C24H19BrClFN4O3.ClH/c1-12-16(26)6-4-8-18(12)30-23(32)14-9-13(10-19-22(14)31-20(29-19)11-34-2)28-24(33)21-15(25)5-3-7-17(21)27;/h3-10H,11H2,1-2H3,(H,28,33)(H,29,31)(H,30,32);1H. The average Bonchev–Trinajstić information content (AvgIpc) is 3.19. The quantitative estimate of drug-likeness (QED) is 0.242. The maximum Gasteiger partial charge on any atom is 0.259 e. The highest BCUT2D eigenvalue weighted by Crippen LogP contribution is 2.28. The van der Waals surface area contributed by atoms with Gasteiger partial charge < -0.3 is 20.4 Å². The van der Waals surface area contributed by atoms with Crippen LogP contribution in [-0.4, -0.2) is 28.9 Å². The van der Waals surface area contributed by atoms with Crippen LogP contribution in [0.3, 0.4) is 0 Å². The SMILES string of the molecule is COCc1nc2c(C(=O)Nc3cccc(Cl)c3C)cc(NC(=O)c3c(F)cccc3Br)cc2[nH]1.Cl. The van der Waals surface area contributed by atoms with E-state index in [0.717, 1.165) is 0 Å². The molecule has 3 aromatic carbocycles. The van der Waals surface area contributed by atoms with E-state index in [1.807, 2.05) is 0 Å². The molecule has 0 saturated carbocycles. The van der Waals surface area contributed by atoms with E-state index in [1.54, 1.807) is 37.3 Å². The third-order valence-electron chi connectivity index (χ3n) is 5.12. The van der Waals surface area contributed by atoms with Gasteiger partial charge >= 0.3 is 0 Å². The molecule has 0 atom stereocenters. The number of anilines is 2. The van der Waals surface area contributed by atoms with Crippen molar-refractivity contribution < 1.29 is 18.7 Å². The fourth-order valence-electron chi connectivity index (χ4n) is 3.46. The van der Waals surface area contributed by atoms with Crippen molar-refractivity contribution in [3.63, 3.8) is 0 Å². The van der Waals surface area contributed by atoms with Gasteiger partial charge in [-0.2, -0.15) is 0 Å². The number of carbonyl (C=O) groups excluding carboxylic acids is 2. The van der Waals surface area contributed by atoms with Crippen LogP contribution < -0.4 is 10.6 Å². The van der Waals surface area contributed by atoms with Gasteiger partial charge in [0.25, 0.3) is 11.8 Å². The summed E-state index contributed by atoms with van der Waals surface area (Å²) in [7, 11) is 1.53. The molecule has 11 heteroatoms. The number of hydrogen-bond donors (Lipinski definition) is 3. The highest BCUT2D eigenvalue weighted by molar-refractivity contribution is 9.10. The van der Waals surface area contributed by atoms with E-state index < -0.39 is 17.6 Å². The topological polar surface area (TPSA) is 96.1 Å². The highest BCUT2D eigenvalue weighted by atomic mass is 79.9. The lowest BCUT2D eigenvalue weighted by atomic mass is 10.1. The fourth-order valence-corrected chi connectivity index (χ4v) is 4.16. The number of nitrogens with zero attached hydrogens (tertiary/aromatic N) is 1. The second kappa shape index (κ2) is 11.2. The van der Waals surface area contributed by atoms with Crippen LogP contribution in [0, 0.1) is 12.7 Å². The number of imidazole rings is 1. The first-order valence-electron chi connectivity index (χ1n) is 10.1. The molecule has 1 aromatic heterocycles. The largest absolute Gasteiger partial charge is 0.377 e. The second-order valence-electron chi connectivity index (χ2n) is 7.45. The molecular formula is C24H20BrCl2FN4O3. The lowest BCUT2D eigenvalue weighted by Gasteiger charge is -2.12. The van der Waals surface area contributed by atoms with Gasteiger partial charge in [0.2, 0.25) is 0 Å². The van der Waals surface area contributed by atoms with E-state index in [2.05, 4.69) is 36.5 Å². The molecule has 0 aliphatic rings. The van der Waals surface area contributed by atoms with Gasteiger partial charge in [-0.05, 0) is 64.8 Å². The minimum absolute atomic E-state index is 0. The summed E-state index contributed by atoms with van der Waals surface area (Å²) in [6.45, 7) is 1.99. The molecule has 182 valence electrons. The Bertz CT molecular complexity index is 1410. The van der Waals surface area contributed by atoms with Crippen LogP contribution >= 0.6 is 39.9 Å². The number of nitrogens with one attached hydrogen (secondary N) is 3. The first-order valence-corrected chi connectivity index (χ1v) is 11.3. The Morgan fingerprint density at radius 3 is 2.60 bits per heavy atom. The van der Waals surface area contributed by atoms with Crippen LogP contribution in [0.1, 0.15) is 32.1 Å². The summed E-state index contributed by atoms with van der Waals surface area (Å²) in [6, 6.07) is 12.6. The first kappa shape index (κ1) is 26.6. The molecule has 4 rings (SSSR count). The zero-order valence-corrected chi connectivity index (χ0v) is 21.7. The molecule has 4 aromatic rings. The van der Waals surface area contributed by atoms with Crippen molar-refractivity contribution in [1.82, 2.24) is 9.97 Å². The number of amides is 2. The van der Waals surface area contributed by atoms with Crippen LogP contribution in [0.2, 0.25) is 5.02 Å². The van der Waals surface area contributed by atoms with Gasteiger partial charge in [-0.1, -0.05) is 23.7 Å². The Morgan fingerprint density at radius 1 is 1.14 bits per heavy atom. The van der Waals surface area contributed by atoms with Crippen molar-refractivity contribution in [2.45, 2.75) is 13.5 Å². The van der Waals surface area contributed by atoms with Crippen LogP contribution in [0.5, 0.6) is 0 Å². The van der Waals surface area contributed by atoms with E-state index in [0.29, 0.717) is 37.6 Å². The van der Waals surface area contributed by atoms with E-state index in [4.69, 9.17) is 16.3 Å². The summed E-state index contributed by atoms with van der Waals surface area (Å²) in [5, 5.41) is 6.02. The smallest absolute Gasteiger partial charge is 0.259 e. The third-order valence-corrected chi connectivity index (χ3v) is 6.20. The molecular weight excluding hydrogens is 562 g/mol. The number of ether oxygens (including phenoxy) is 1. The Kier molecular flexibility index (Phi) is 8.50. The first-order chi connectivity index (χ1) is 16.3. The molecule has 7 nitrogen and oxygen atoms in total. The number of methoxy groups -OCH3 is 1. The zero-order valence-electron chi connectivity index (χ0n) is 18.5. The van der Waals surface area contributed by atoms with Crippen molar-refractivity contribution in [3.05, 3.63) is 86.4 Å². The number of benzene rings is 3. The number of halogens is 4. The number of hydrogen-bond acceptors (Lipinski definition) is 4. The van der Waals surface area contributed by atoms with Gasteiger partial charge in [0.05, 0.1) is 16.6 Å². The molecule has 0 bridgehead atoms. The van der Waals surface area contributed by atoms with Gasteiger partial charge in [0.15, 0.2) is 0 Å². The molecule has 3 N–H and O–H groups in total. The number of carbonyl (C=O) groups is 2. The number of aromatic amines is 1. The van der Waals surface area contributed by atoms with Gasteiger partial charge in [-0.15, -0.1) is 12.4 Å². The van der Waals surface area contributed by atoms with Gasteiger partial charge in [0, 0.05) is 28.0 Å². The summed E-state index contributed by atoms with van der Waals surface area (Å²) >= 11 is 9.38. The zero-order chi connectivity index (χ0) is 24.4. The minimum atomic E-state index is -0.675. The lowest BCUT2D eigenvalue weighted by molar-refractivity contribution is 0.101. The second-order valence-corrected chi connectivity index (χ2v) is 8.72. The fraction of sp³-hybridized carbons (Fsp3) is 0.125. The van der Waals surface area contributed by atoms with E-state index in [-0.39, 0.29) is 35.8 Å². The lowest BCUT2D eigenvalue weighted by Crippen LogP contribution is -2.17. The number of aromatic nitrogens is 2. The Hall–Kier alpha value is -2.98. The monoisotopic (exact) mass is 580 g/mol. The predicted molar refractivity (Wildman–Crippen MR) is 140 cm³/mol. The maximum absolute atomic E-state index is 14.3. The maximum atomic E-state index is 14.3. The summed E-state index contributed by atoms with van der Waals surface area (Å²) < 4.78 is 19.7. The van der Waals surface area contributed by atoms with Crippen LogP contribution in [0.4, 0.5) is 15.8 Å².